The number of likely N-dealkylation sites (tertiary alicyclic amines) is 1. The molecule has 1 saturated heterocycles. The first kappa shape index (κ1) is 26.5. The lowest BCUT2D eigenvalue weighted by molar-refractivity contribution is 0.0860. The summed E-state index contributed by atoms with van der Waals surface area (Å²) in [6.45, 7) is 16.6. The van der Waals surface area contributed by atoms with Gasteiger partial charge in [-0.15, -0.1) is 0 Å². The number of nitrogens with zero attached hydrogens (tertiary/aromatic N) is 2. The fourth-order valence-corrected chi connectivity index (χ4v) is 5.68. The molecule has 7 heteroatoms. The maximum absolute atomic E-state index is 11.2. The van der Waals surface area contributed by atoms with Crippen molar-refractivity contribution in [2.75, 3.05) is 13.1 Å². The fraction of sp³-hybridized carbons (Fsp3) is 0.630. The first-order chi connectivity index (χ1) is 16.0. The number of piperidine rings is 1. The van der Waals surface area contributed by atoms with Crippen LogP contribution in [0.4, 0.5) is 4.79 Å². The Labute approximate surface area is 206 Å². The van der Waals surface area contributed by atoms with Gasteiger partial charge in [0.25, 0.3) is 0 Å². The number of benzene rings is 1. The summed E-state index contributed by atoms with van der Waals surface area (Å²) < 4.78 is 12.6. The van der Waals surface area contributed by atoms with Crippen molar-refractivity contribution in [1.82, 2.24) is 10.1 Å². The smallest absolute Gasteiger partial charge is 0.407 e. The normalized spacial score (nSPS) is 16.3. The van der Waals surface area contributed by atoms with Crippen molar-refractivity contribution in [3.63, 3.8) is 0 Å². The molecule has 1 N–H and O–H groups in total. The summed E-state index contributed by atoms with van der Waals surface area (Å²) in [7, 11) is -0.929. The van der Waals surface area contributed by atoms with E-state index in [2.05, 4.69) is 71.1 Å². The van der Waals surface area contributed by atoms with Gasteiger partial charge in [0, 0.05) is 24.0 Å². The molecule has 1 fully saturated rings. The molecule has 187 valence electrons. The molecule has 1 aromatic heterocycles. The number of aryl methyl sites for hydroxylation is 1. The number of hydrogen-bond donors (Lipinski definition) is 1. The van der Waals surface area contributed by atoms with E-state index in [1.807, 2.05) is 0 Å². The van der Waals surface area contributed by atoms with Crippen molar-refractivity contribution >= 4 is 26.1 Å². The van der Waals surface area contributed by atoms with E-state index >= 15 is 0 Å². The van der Waals surface area contributed by atoms with Gasteiger partial charge in [-0.3, -0.25) is 0 Å². The zero-order chi connectivity index (χ0) is 25.0. The average Bonchev–Trinajstić information content (AvgIpc) is 3.17. The van der Waals surface area contributed by atoms with E-state index in [-0.39, 0.29) is 11.5 Å². The van der Waals surface area contributed by atoms with Gasteiger partial charge in [-0.2, -0.15) is 0 Å². The van der Waals surface area contributed by atoms with Crippen molar-refractivity contribution in [1.29, 1.82) is 0 Å². The molecule has 1 amide bonds. The predicted molar refractivity (Wildman–Crippen MR) is 139 cm³/mol. The number of carbonyl (C=O) groups is 1. The summed E-state index contributed by atoms with van der Waals surface area (Å²) in [5, 5.41) is 14.8. The van der Waals surface area contributed by atoms with E-state index < -0.39 is 15.1 Å². The lowest BCUT2D eigenvalue weighted by Gasteiger charge is -2.34. The maximum Gasteiger partial charge on any atom is 0.407 e. The fourth-order valence-electron chi connectivity index (χ4n) is 4.73. The van der Waals surface area contributed by atoms with Gasteiger partial charge < -0.3 is 19.0 Å². The zero-order valence-corrected chi connectivity index (χ0v) is 22.9. The third-order valence-corrected chi connectivity index (χ3v) is 7.36. The van der Waals surface area contributed by atoms with Gasteiger partial charge in [0.2, 0.25) is 9.04 Å². The van der Waals surface area contributed by atoms with Gasteiger partial charge in [-0.1, -0.05) is 43.6 Å². The Bertz CT molecular complexity index is 1010. The number of carboxylic acid groups (broad SMARTS) is 1. The van der Waals surface area contributed by atoms with Crippen molar-refractivity contribution in [3.8, 4) is 0 Å². The van der Waals surface area contributed by atoms with Gasteiger partial charge in [0.15, 0.2) is 5.58 Å². The summed E-state index contributed by atoms with van der Waals surface area (Å²) in [5.41, 5.74) is 5.45. The van der Waals surface area contributed by atoms with Crippen LogP contribution in [0.15, 0.2) is 28.3 Å². The van der Waals surface area contributed by atoms with Crippen molar-refractivity contribution in [2.45, 2.75) is 85.9 Å². The Balaban J connectivity index is 1.91. The Morgan fingerprint density at radius 3 is 2.53 bits per heavy atom. The molecule has 34 heavy (non-hydrogen) atoms. The number of amides is 1. The first-order valence-corrected chi connectivity index (χ1v) is 14.9. The van der Waals surface area contributed by atoms with Crippen molar-refractivity contribution in [2.24, 2.45) is 11.3 Å². The lowest BCUT2D eigenvalue weighted by Crippen LogP contribution is -2.37. The molecule has 1 atom stereocenters. The molecule has 1 unspecified atom stereocenters. The standard InChI is InChI=1S/C27H41N2O4Si/c1-18(2)8-10-20-11-12-21-22(13-9-19-14-16-29(17-15-19)26(30)31)28-32-24(21)23(20)25(27(3,4)5)33-34(6)7/h8,11-12,19,25H,9-10,13-17H2,1-7H3,(H,30,31). The number of aromatic nitrogens is 1. The molecule has 3 rings (SSSR count). The molecule has 1 aliphatic heterocycles. The maximum atomic E-state index is 11.2. The number of fused-ring (bicyclic) bond motifs is 1. The summed E-state index contributed by atoms with van der Waals surface area (Å²) in [4.78, 5) is 12.7. The van der Waals surface area contributed by atoms with Crippen LogP contribution < -0.4 is 0 Å². The molecule has 2 aromatic rings. The topological polar surface area (TPSA) is 75.8 Å². The van der Waals surface area contributed by atoms with Crippen LogP contribution in [-0.4, -0.2) is 43.4 Å². The van der Waals surface area contributed by atoms with Crippen LogP contribution >= 0.6 is 0 Å². The van der Waals surface area contributed by atoms with E-state index in [1.165, 1.54) is 16.0 Å². The van der Waals surface area contributed by atoms with Crippen LogP contribution in [-0.2, 0) is 17.3 Å². The predicted octanol–water partition coefficient (Wildman–Crippen LogP) is 7.01. The number of hydrogen-bond acceptors (Lipinski definition) is 4. The molecule has 6 nitrogen and oxygen atoms in total. The van der Waals surface area contributed by atoms with E-state index in [1.54, 1.807) is 0 Å². The van der Waals surface area contributed by atoms with Crippen LogP contribution in [0.2, 0.25) is 13.1 Å². The molecule has 0 saturated carbocycles. The second-order valence-corrected chi connectivity index (χ2v) is 13.2. The average molecular weight is 486 g/mol. The van der Waals surface area contributed by atoms with Gasteiger partial charge in [-0.25, -0.2) is 4.79 Å². The van der Waals surface area contributed by atoms with Crippen molar-refractivity contribution < 1.29 is 18.9 Å². The lowest BCUT2D eigenvalue weighted by atomic mass is 9.81. The van der Waals surface area contributed by atoms with Gasteiger partial charge in [0.1, 0.15) is 0 Å². The van der Waals surface area contributed by atoms with Crippen LogP contribution in [0, 0.1) is 11.3 Å². The van der Waals surface area contributed by atoms with Gasteiger partial charge in [-0.05, 0) is 82.0 Å². The second kappa shape index (κ2) is 11.1. The van der Waals surface area contributed by atoms with E-state index in [4.69, 9.17) is 8.95 Å². The Morgan fingerprint density at radius 1 is 1.29 bits per heavy atom. The molecule has 1 aliphatic rings. The third kappa shape index (κ3) is 6.51. The van der Waals surface area contributed by atoms with Crippen LogP contribution in [0.5, 0.6) is 0 Å². The summed E-state index contributed by atoms with van der Waals surface area (Å²) >= 11 is 0. The number of allylic oxidation sites excluding steroid dienone is 2. The van der Waals surface area contributed by atoms with Crippen LogP contribution in [0.25, 0.3) is 11.0 Å². The largest absolute Gasteiger partial charge is 0.465 e. The Hall–Kier alpha value is -2.12. The highest BCUT2D eigenvalue weighted by Gasteiger charge is 2.33. The summed E-state index contributed by atoms with van der Waals surface area (Å²) in [6.07, 6.45) is 5.90. The molecular formula is C27H41N2O4Si. The van der Waals surface area contributed by atoms with Gasteiger partial charge >= 0.3 is 6.09 Å². The Kier molecular flexibility index (Phi) is 8.63. The van der Waals surface area contributed by atoms with E-state index in [0.717, 1.165) is 54.3 Å². The second-order valence-electron chi connectivity index (χ2n) is 11.2. The minimum Gasteiger partial charge on any atom is -0.465 e. The van der Waals surface area contributed by atoms with Crippen molar-refractivity contribution in [3.05, 3.63) is 40.6 Å². The molecule has 0 bridgehead atoms. The molecule has 0 spiro atoms. The highest BCUT2D eigenvalue weighted by molar-refractivity contribution is 6.48. The Morgan fingerprint density at radius 2 is 1.97 bits per heavy atom. The highest BCUT2D eigenvalue weighted by atomic mass is 28.3. The minimum atomic E-state index is -0.929. The third-order valence-electron chi connectivity index (χ3n) is 6.65. The molecule has 1 radical (unpaired) electrons. The SMILES string of the molecule is CC(C)=CCc1ccc2c(CCC3CCN(C(=O)O)CC3)noc2c1C(O[Si](C)C)C(C)(C)C. The highest BCUT2D eigenvalue weighted by Crippen LogP contribution is 2.42. The zero-order valence-electron chi connectivity index (χ0n) is 21.9. The van der Waals surface area contributed by atoms with E-state index in [0.29, 0.717) is 19.0 Å². The molecule has 0 aliphatic carbocycles. The van der Waals surface area contributed by atoms with Crippen LogP contribution in [0.3, 0.4) is 0 Å². The quantitative estimate of drug-likeness (QED) is 0.321. The molecule has 1 aromatic carbocycles. The summed E-state index contributed by atoms with van der Waals surface area (Å²) in [5.74, 6) is 0.523. The van der Waals surface area contributed by atoms with Crippen LogP contribution in [0.1, 0.15) is 76.8 Å². The molecule has 2 heterocycles. The first-order valence-electron chi connectivity index (χ1n) is 12.5. The molecular weight excluding hydrogens is 444 g/mol. The minimum absolute atomic E-state index is 0.0678. The summed E-state index contributed by atoms with van der Waals surface area (Å²) in [6, 6.07) is 4.39. The van der Waals surface area contributed by atoms with E-state index in [9.17, 15) is 9.90 Å². The number of rotatable bonds is 8. The van der Waals surface area contributed by atoms with Gasteiger partial charge in [0.05, 0.1) is 11.8 Å². The monoisotopic (exact) mass is 485 g/mol.